The zero-order valence-corrected chi connectivity index (χ0v) is 18.5. The van der Waals surface area contributed by atoms with Crippen LogP contribution in [0.1, 0.15) is 41.0 Å². The van der Waals surface area contributed by atoms with E-state index < -0.39 is 5.97 Å². The molecular weight excluding hydrogens is 406 g/mol. The van der Waals surface area contributed by atoms with Gasteiger partial charge in [0.15, 0.2) is 5.82 Å². The molecule has 2 aromatic carbocycles. The molecule has 0 spiro atoms. The summed E-state index contributed by atoms with van der Waals surface area (Å²) in [5, 5.41) is 3.18. The monoisotopic (exact) mass is 431 g/mol. The molecule has 0 radical (unpaired) electrons. The van der Waals surface area contributed by atoms with Gasteiger partial charge in [-0.15, -0.1) is 0 Å². The summed E-state index contributed by atoms with van der Waals surface area (Å²) in [6, 6.07) is 14.6. The molecule has 1 aromatic heterocycles. The van der Waals surface area contributed by atoms with Crippen LogP contribution in [0.2, 0.25) is 0 Å². The zero-order chi connectivity index (χ0) is 22.8. The van der Waals surface area contributed by atoms with Gasteiger partial charge in [0.05, 0.1) is 30.1 Å². The fourth-order valence-corrected chi connectivity index (χ4v) is 3.67. The van der Waals surface area contributed by atoms with Crippen LogP contribution in [0.25, 0.3) is 0 Å². The summed E-state index contributed by atoms with van der Waals surface area (Å²) in [7, 11) is 3.08. The Labute approximate surface area is 186 Å². The average molecular weight is 431 g/mol. The van der Waals surface area contributed by atoms with Crippen LogP contribution in [-0.2, 0) is 4.74 Å². The van der Waals surface area contributed by atoms with Gasteiger partial charge in [0.25, 0.3) is 5.91 Å². The average Bonchev–Trinajstić information content (AvgIpc) is 2.92. The van der Waals surface area contributed by atoms with Crippen LogP contribution in [0.15, 0.2) is 54.7 Å². The molecule has 1 N–H and O–H groups in total. The van der Waals surface area contributed by atoms with Crippen molar-refractivity contribution in [3.05, 3.63) is 65.9 Å². The number of esters is 1. The summed E-state index contributed by atoms with van der Waals surface area (Å²) in [6.07, 6.45) is 2.53. The Kier molecular flexibility index (Phi) is 5.77. The number of amides is 1. The number of carbonyl (C=O) groups excluding carboxylic acids is 2. The fourth-order valence-electron chi connectivity index (χ4n) is 3.67. The lowest BCUT2D eigenvalue weighted by atomic mass is 10.1. The maximum atomic E-state index is 13.1. The molecule has 3 aromatic rings. The first-order valence-electron chi connectivity index (χ1n) is 10.4. The second kappa shape index (κ2) is 8.66. The van der Waals surface area contributed by atoms with Crippen molar-refractivity contribution in [3.8, 4) is 0 Å². The third kappa shape index (κ3) is 3.75. The molecule has 0 saturated heterocycles. The zero-order valence-electron chi connectivity index (χ0n) is 18.5. The smallest absolute Gasteiger partial charge is 0.337 e. The number of fused-ring (bicyclic) bond motifs is 2. The predicted octanol–water partition coefficient (Wildman–Crippen LogP) is 4.53. The number of hydrogen-bond acceptors (Lipinski definition) is 7. The van der Waals surface area contributed by atoms with Crippen LogP contribution in [0, 0.1) is 0 Å². The molecule has 164 valence electrons. The predicted molar refractivity (Wildman–Crippen MR) is 124 cm³/mol. The van der Waals surface area contributed by atoms with Crippen molar-refractivity contribution in [1.29, 1.82) is 0 Å². The number of hydrogen-bond donors (Lipinski definition) is 1. The number of nitrogens with one attached hydrogen (secondary N) is 1. The van der Waals surface area contributed by atoms with E-state index in [0.717, 1.165) is 17.8 Å². The highest BCUT2D eigenvalue weighted by atomic mass is 16.5. The molecule has 0 fully saturated rings. The number of rotatable bonds is 5. The summed E-state index contributed by atoms with van der Waals surface area (Å²) in [6.45, 7) is 4.21. The van der Waals surface area contributed by atoms with Crippen molar-refractivity contribution in [2.24, 2.45) is 0 Å². The third-order valence-corrected chi connectivity index (χ3v) is 5.63. The molecule has 1 aliphatic heterocycles. The van der Waals surface area contributed by atoms with Gasteiger partial charge in [-0.25, -0.2) is 9.78 Å². The van der Waals surface area contributed by atoms with E-state index in [1.54, 1.807) is 42.4 Å². The number of para-hydroxylation sites is 1. The molecule has 2 heterocycles. The largest absolute Gasteiger partial charge is 0.465 e. The van der Waals surface area contributed by atoms with E-state index >= 15 is 0 Å². The van der Waals surface area contributed by atoms with Crippen molar-refractivity contribution in [1.82, 2.24) is 9.97 Å². The van der Waals surface area contributed by atoms with Gasteiger partial charge in [-0.1, -0.05) is 19.1 Å². The van der Waals surface area contributed by atoms with Crippen molar-refractivity contribution in [2.75, 3.05) is 29.3 Å². The number of carbonyl (C=O) groups is 2. The lowest BCUT2D eigenvalue weighted by Crippen LogP contribution is -2.29. The van der Waals surface area contributed by atoms with E-state index in [0.29, 0.717) is 28.6 Å². The first-order chi connectivity index (χ1) is 15.4. The van der Waals surface area contributed by atoms with E-state index in [1.165, 1.54) is 7.11 Å². The van der Waals surface area contributed by atoms with Gasteiger partial charge >= 0.3 is 5.97 Å². The van der Waals surface area contributed by atoms with Gasteiger partial charge in [-0.2, -0.15) is 4.98 Å². The van der Waals surface area contributed by atoms with Crippen LogP contribution in [-0.4, -0.2) is 42.0 Å². The first-order valence-corrected chi connectivity index (χ1v) is 10.4. The molecule has 0 saturated carbocycles. The minimum atomic E-state index is -0.395. The number of benzene rings is 2. The molecule has 8 heteroatoms. The quantitative estimate of drug-likeness (QED) is 0.594. The first kappa shape index (κ1) is 21.3. The summed E-state index contributed by atoms with van der Waals surface area (Å²) < 4.78 is 4.74. The number of methoxy groups -OCH3 is 1. The fraction of sp³-hybridized carbons (Fsp3) is 0.250. The molecule has 4 rings (SSSR count). The summed E-state index contributed by atoms with van der Waals surface area (Å²) >= 11 is 0. The Balaban J connectivity index is 1.76. The normalized spacial score (nSPS) is 13.7. The Morgan fingerprint density at radius 1 is 1.12 bits per heavy atom. The second-order valence-electron chi connectivity index (χ2n) is 7.60. The van der Waals surface area contributed by atoms with Crippen molar-refractivity contribution in [3.63, 3.8) is 0 Å². The highest BCUT2D eigenvalue weighted by Crippen LogP contribution is 2.40. The van der Waals surface area contributed by atoms with E-state index in [2.05, 4.69) is 29.0 Å². The van der Waals surface area contributed by atoms with E-state index in [9.17, 15) is 9.59 Å². The topological polar surface area (TPSA) is 87.7 Å². The Morgan fingerprint density at radius 3 is 2.53 bits per heavy atom. The SMILES string of the molecule is CCC(C)N1c2ccccc2C(=O)N(C)c2cnc(Nc3ccc(C(=O)OC)cc3)nc21. The van der Waals surface area contributed by atoms with Gasteiger partial charge < -0.3 is 19.9 Å². The van der Waals surface area contributed by atoms with Crippen molar-refractivity contribution >= 4 is 40.7 Å². The van der Waals surface area contributed by atoms with Gasteiger partial charge in [0.2, 0.25) is 5.95 Å². The highest BCUT2D eigenvalue weighted by molar-refractivity contribution is 6.13. The van der Waals surface area contributed by atoms with Crippen LogP contribution in [0.4, 0.5) is 28.8 Å². The molecule has 1 amide bonds. The minimum Gasteiger partial charge on any atom is -0.465 e. The summed E-state index contributed by atoms with van der Waals surface area (Å²) in [5.74, 6) is 0.552. The third-order valence-electron chi connectivity index (χ3n) is 5.63. The summed E-state index contributed by atoms with van der Waals surface area (Å²) in [5.41, 5.74) is 3.27. The lowest BCUT2D eigenvalue weighted by molar-refractivity contribution is 0.0600. The molecule has 8 nitrogen and oxygen atoms in total. The van der Waals surface area contributed by atoms with E-state index in [1.807, 2.05) is 24.3 Å². The molecule has 1 unspecified atom stereocenters. The molecule has 1 aliphatic rings. The van der Waals surface area contributed by atoms with Crippen LogP contribution in [0.3, 0.4) is 0 Å². The number of ether oxygens (including phenoxy) is 1. The van der Waals surface area contributed by atoms with Gasteiger partial charge in [0.1, 0.15) is 5.69 Å². The van der Waals surface area contributed by atoms with Gasteiger partial charge in [-0.05, 0) is 49.7 Å². The standard InChI is InChI=1S/C24H25N5O3/c1-5-15(2)29-19-9-7-6-8-18(19)22(30)28(3)20-14-25-24(27-21(20)29)26-17-12-10-16(11-13-17)23(31)32-4/h6-15H,5H2,1-4H3,(H,25,26,27). The maximum Gasteiger partial charge on any atom is 0.337 e. The van der Waals surface area contributed by atoms with Crippen LogP contribution in [0.5, 0.6) is 0 Å². The molecule has 1 atom stereocenters. The molecule has 32 heavy (non-hydrogen) atoms. The van der Waals surface area contributed by atoms with Crippen LogP contribution >= 0.6 is 0 Å². The lowest BCUT2D eigenvalue weighted by Gasteiger charge is -2.30. The number of aromatic nitrogens is 2. The Bertz CT molecular complexity index is 1160. The van der Waals surface area contributed by atoms with Crippen molar-refractivity contribution < 1.29 is 14.3 Å². The minimum absolute atomic E-state index is 0.102. The molecule has 0 aliphatic carbocycles. The van der Waals surface area contributed by atoms with Crippen LogP contribution < -0.4 is 15.1 Å². The van der Waals surface area contributed by atoms with Gasteiger partial charge in [-0.3, -0.25) is 4.79 Å². The Hall–Kier alpha value is -3.94. The van der Waals surface area contributed by atoms with Crippen molar-refractivity contribution in [2.45, 2.75) is 26.3 Å². The molecule has 0 bridgehead atoms. The Morgan fingerprint density at radius 2 is 1.84 bits per heavy atom. The maximum absolute atomic E-state index is 13.1. The highest BCUT2D eigenvalue weighted by Gasteiger charge is 2.32. The number of anilines is 5. The molecular formula is C24H25N5O3. The summed E-state index contributed by atoms with van der Waals surface area (Å²) in [4.78, 5) is 37.7. The number of nitrogens with zero attached hydrogens (tertiary/aromatic N) is 4. The van der Waals surface area contributed by atoms with E-state index in [4.69, 9.17) is 9.72 Å². The second-order valence-corrected chi connectivity index (χ2v) is 7.60. The van der Waals surface area contributed by atoms with Gasteiger partial charge in [0, 0.05) is 18.8 Å². The van der Waals surface area contributed by atoms with E-state index in [-0.39, 0.29) is 11.9 Å².